The average Bonchev–Trinajstić information content (AvgIpc) is 3.03. The van der Waals surface area contributed by atoms with Gasteiger partial charge in [0.15, 0.2) is 6.29 Å². The van der Waals surface area contributed by atoms with E-state index in [0.717, 1.165) is 11.1 Å². The summed E-state index contributed by atoms with van der Waals surface area (Å²) in [5, 5.41) is 4.43. The molecule has 0 unspecified atom stereocenters. The molecule has 0 radical (unpaired) electrons. The van der Waals surface area contributed by atoms with E-state index in [4.69, 9.17) is 21.1 Å². The second kappa shape index (κ2) is 6.07. The largest absolute Gasteiger partial charge is 0.346 e. The Hall–Kier alpha value is -1.69. The zero-order valence-corrected chi connectivity index (χ0v) is 14.1. The molecule has 0 aliphatic carbocycles. The number of nitrogens with zero attached hydrogens (tertiary/aromatic N) is 2. The van der Waals surface area contributed by atoms with E-state index in [2.05, 4.69) is 5.10 Å². The Morgan fingerprint density at radius 1 is 1.17 bits per heavy atom. The summed E-state index contributed by atoms with van der Waals surface area (Å²) in [6.07, 6.45) is 1.32. The fraction of sp³-hybridized carbons (Fsp3) is 0.412. The summed E-state index contributed by atoms with van der Waals surface area (Å²) in [6, 6.07) is 7.61. The summed E-state index contributed by atoms with van der Waals surface area (Å²) in [5.41, 5.74) is 1.70. The van der Waals surface area contributed by atoms with Gasteiger partial charge < -0.3 is 9.47 Å². The van der Waals surface area contributed by atoms with E-state index in [0.29, 0.717) is 18.8 Å². The number of hydrogen-bond donors (Lipinski definition) is 0. The van der Waals surface area contributed by atoms with Gasteiger partial charge in [-0.05, 0) is 26.3 Å². The van der Waals surface area contributed by atoms with Gasteiger partial charge in [-0.3, -0.25) is 4.79 Å². The topological polar surface area (TPSA) is 53.4 Å². The number of hydrogen-bond acceptors (Lipinski definition) is 4. The molecule has 0 bridgehead atoms. The molecule has 1 aliphatic heterocycles. The molecule has 3 rings (SSSR count). The number of halogens is 1. The third-order valence-corrected chi connectivity index (χ3v) is 4.04. The second-order valence-corrected chi connectivity index (χ2v) is 6.83. The molecule has 1 saturated heterocycles. The molecule has 1 aromatic carbocycles. The molecular formula is C17H19ClN2O3. The molecule has 6 heteroatoms. The lowest BCUT2D eigenvalue weighted by Crippen LogP contribution is -2.36. The number of ether oxygens (including phenoxy) is 2. The van der Waals surface area contributed by atoms with Crippen LogP contribution in [-0.2, 0) is 15.0 Å². The first-order valence-electron chi connectivity index (χ1n) is 7.50. The smallest absolute Gasteiger partial charge is 0.286 e. The maximum atomic E-state index is 12.4. The number of benzene rings is 1. The predicted molar refractivity (Wildman–Crippen MR) is 88.6 cm³/mol. The summed E-state index contributed by atoms with van der Waals surface area (Å²) in [6.45, 7) is 6.94. The second-order valence-electron chi connectivity index (χ2n) is 6.46. The van der Waals surface area contributed by atoms with Crippen molar-refractivity contribution >= 4 is 11.6 Å². The van der Waals surface area contributed by atoms with Crippen molar-refractivity contribution in [2.24, 2.45) is 0 Å². The van der Waals surface area contributed by atoms with Gasteiger partial charge in [-0.2, -0.15) is 5.10 Å². The lowest BCUT2D eigenvalue weighted by atomic mass is 10.1. The first kappa shape index (κ1) is 16.2. The molecule has 1 aliphatic rings. The first-order chi connectivity index (χ1) is 10.9. The van der Waals surface area contributed by atoms with Crippen LogP contribution in [-0.4, -0.2) is 23.0 Å². The van der Waals surface area contributed by atoms with Gasteiger partial charge in [0.05, 0.1) is 24.9 Å². The van der Waals surface area contributed by atoms with Gasteiger partial charge in [0, 0.05) is 11.1 Å². The summed E-state index contributed by atoms with van der Waals surface area (Å²) in [5.74, 6) is 0. The van der Waals surface area contributed by atoms with Gasteiger partial charge in [-0.15, -0.1) is 0 Å². The average molecular weight is 335 g/mol. The van der Waals surface area contributed by atoms with Crippen molar-refractivity contribution in [2.45, 2.75) is 32.6 Å². The number of aromatic nitrogens is 2. The third-order valence-electron chi connectivity index (χ3n) is 3.67. The van der Waals surface area contributed by atoms with Crippen LogP contribution in [0.1, 0.15) is 32.6 Å². The van der Waals surface area contributed by atoms with Crippen molar-refractivity contribution < 1.29 is 9.47 Å². The SMILES string of the molecule is CC(C)(C)n1ncc(-c2ccc(C3OCCO3)cc2)c(Cl)c1=O. The fourth-order valence-corrected chi connectivity index (χ4v) is 2.72. The first-order valence-corrected chi connectivity index (χ1v) is 7.87. The van der Waals surface area contributed by atoms with Crippen molar-refractivity contribution in [3.63, 3.8) is 0 Å². The lowest BCUT2D eigenvalue weighted by molar-refractivity contribution is -0.0441. The molecule has 1 aromatic heterocycles. The predicted octanol–water partition coefficient (Wildman–Crippen LogP) is 3.36. The number of rotatable bonds is 2. The summed E-state index contributed by atoms with van der Waals surface area (Å²) >= 11 is 6.28. The van der Waals surface area contributed by atoms with E-state index in [9.17, 15) is 4.79 Å². The molecule has 0 spiro atoms. The zero-order valence-electron chi connectivity index (χ0n) is 13.4. The summed E-state index contributed by atoms with van der Waals surface area (Å²) < 4.78 is 12.3. The Morgan fingerprint density at radius 3 is 2.35 bits per heavy atom. The van der Waals surface area contributed by atoms with E-state index in [1.807, 2.05) is 45.0 Å². The summed E-state index contributed by atoms with van der Waals surface area (Å²) in [7, 11) is 0. The Kier molecular flexibility index (Phi) is 4.27. The van der Waals surface area contributed by atoms with E-state index in [-0.39, 0.29) is 16.9 Å². The molecule has 0 atom stereocenters. The van der Waals surface area contributed by atoms with Gasteiger partial charge in [0.2, 0.25) is 0 Å². The van der Waals surface area contributed by atoms with Crippen molar-refractivity contribution in [3.8, 4) is 11.1 Å². The van der Waals surface area contributed by atoms with E-state index >= 15 is 0 Å². The maximum absolute atomic E-state index is 12.4. The Balaban J connectivity index is 1.96. The van der Waals surface area contributed by atoms with Crippen molar-refractivity contribution in [1.29, 1.82) is 0 Å². The monoisotopic (exact) mass is 334 g/mol. The zero-order chi connectivity index (χ0) is 16.6. The molecule has 1 fully saturated rings. The molecule has 2 heterocycles. The fourth-order valence-electron chi connectivity index (χ4n) is 2.48. The molecule has 23 heavy (non-hydrogen) atoms. The highest BCUT2D eigenvalue weighted by molar-refractivity contribution is 6.33. The van der Waals surface area contributed by atoms with Crippen LogP contribution in [0, 0.1) is 0 Å². The van der Waals surface area contributed by atoms with E-state index < -0.39 is 5.54 Å². The van der Waals surface area contributed by atoms with Crippen LogP contribution in [0.15, 0.2) is 35.3 Å². The standard InChI is InChI=1S/C17H19ClN2O3/c1-17(2,3)20-15(21)14(18)13(10-19-20)11-4-6-12(7-5-11)16-22-8-9-23-16/h4-7,10,16H,8-9H2,1-3H3. The molecule has 0 N–H and O–H groups in total. The highest BCUT2D eigenvalue weighted by Gasteiger charge is 2.21. The van der Waals surface area contributed by atoms with Crippen LogP contribution >= 0.6 is 11.6 Å². The minimum absolute atomic E-state index is 0.177. The Labute approximate surface area is 139 Å². The lowest BCUT2D eigenvalue weighted by Gasteiger charge is -2.21. The van der Waals surface area contributed by atoms with E-state index in [1.54, 1.807) is 6.20 Å². The van der Waals surface area contributed by atoms with Gasteiger partial charge in [-0.1, -0.05) is 35.9 Å². The minimum atomic E-state index is -0.416. The minimum Gasteiger partial charge on any atom is -0.346 e. The molecular weight excluding hydrogens is 316 g/mol. The normalized spacial score (nSPS) is 16.0. The third kappa shape index (κ3) is 3.17. The highest BCUT2D eigenvalue weighted by Crippen LogP contribution is 2.29. The summed E-state index contributed by atoms with van der Waals surface area (Å²) in [4.78, 5) is 12.4. The van der Waals surface area contributed by atoms with Gasteiger partial charge in [0.25, 0.3) is 5.56 Å². The van der Waals surface area contributed by atoms with Crippen LogP contribution in [0.4, 0.5) is 0 Å². The van der Waals surface area contributed by atoms with Crippen LogP contribution in [0.3, 0.4) is 0 Å². The maximum Gasteiger partial charge on any atom is 0.286 e. The van der Waals surface area contributed by atoms with Crippen molar-refractivity contribution in [1.82, 2.24) is 9.78 Å². The van der Waals surface area contributed by atoms with Crippen LogP contribution < -0.4 is 5.56 Å². The van der Waals surface area contributed by atoms with Crippen LogP contribution in [0.5, 0.6) is 0 Å². The molecule has 0 amide bonds. The van der Waals surface area contributed by atoms with Crippen molar-refractivity contribution in [2.75, 3.05) is 13.2 Å². The molecule has 122 valence electrons. The molecule has 0 saturated carbocycles. The molecule has 5 nitrogen and oxygen atoms in total. The Bertz CT molecular complexity index is 757. The van der Waals surface area contributed by atoms with Gasteiger partial charge in [-0.25, -0.2) is 4.68 Å². The highest BCUT2D eigenvalue weighted by atomic mass is 35.5. The van der Waals surface area contributed by atoms with Gasteiger partial charge in [0.1, 0.15) is 5.02 Å². The van der Waals surface area contributed by atoms with Crippen LogP contribution in [0.25, 0.3) is 11.1 Å². The van der Waals surface area contributed by atoms with E-state index in [1.165, 1.54) is 4.68 Å². The van der Waals surface area contributed by atoms with Crippen molar-refractivity contribution in [3.05, 3.63) is 51.4 Å². The quantitative estimate of drug-likeness (QED) is 0.845. The van der Waals surface area contributed by atoms with Gasteiger partial charge >= 0.3 is 0 Å². The Morgan fingerprint density at radius 2 is 1.78 bits per heavy atom. The molecule has 2 aromatic rings. The van der Waals surface area contributed by atoms with Crippen LogP contribution in [0.2, 0.25) is 5.02 Å².